The SMILES string of the molecule is CC(=O)NCCC(O)c1cccc2ccccc12. The van der Waals surface area contributed by atoms with Crippen molar-refractivity contribution in [2.75, 3.05) is 6.54 Å². The average Bonchev–Trinajstić information content (AvgIpc) is 2.37. The topological polar surface area (TPSA) is 49.3 Å². The van der Waals surface area contributed by atoms with Crippen molar-refractivity contribution < 1.29 is 9.90 Å². The molecule has 0 aliphatic rings. The molecule has 2 aromatic carbocycles. The van der Waals surface area contributed by atoms with Crippen molar-refractivity contribution in [1.82, 2.24) is 5.32 Å². The summed E-state index contributed by atoms with van der Waals surface area (Å²) in [7, 11) is 0. The zero-order chi connectivity index (χ0) is 13.0. The number of hydrogen-bond donors (Lipinski definition) is 2. The van der Waals surface area contributed by atoms with Crippen LogP contribution in [-0.4, -0.2) is 17.6 Å². The molecule has 3 nitrogen and oxygen atoms in total. The summed E-state index contributed by atoms with van der Waals surface area (Å²) in [5.41, 5.74) is 0.915. The maximum atomic E-state index is 10.8. The summed E-state index contributed by atoms with van der Waals surface area (Å²) < 4.78 is 0. The van der Waals surface area contributed by atoms with Crippen LogP contribution in [-0.2, 0) is 4.79 Å². The van der Waals surface area contributed by atoms with Gasteiger partial charge in [-0.2, -0.15) is 0 Å². The second kappa shape index (κ2) is 5.65. The highest BCUT2D eigenvalue weighted by atomic mass is 16.3. The first-order chi connectivity index (χ1) is 8.68. The van der Waals surface area contributed by atoms with E-state index in [4.69, 9.17) is 0 Å². The Morgan fingerprint density at radius 3 is 2.72 bits per heavy atom. The minimum absolute atomic E-state index is 0.0693. The predicted molar refractivity (Wildman–Crippen MR) is 72.2 cm³/mol. The number of aliphatic hydroxyl groups excluding tert-OH is 1. The van der Waals surface area contributed by atoms with E-state index in [9.17, 15) is 9.90 Å². The molecule has 0 saturated heterocycles. The highest BCUT2D eigenvalue weighted by Gasteiger charge is 2.10. The molecule has 94 valence electrons. The lowest BCUT2D eigenvalue weighted by Crippen LogP contribution is -2.22. The molecule has 0 aliphatic heterocycles. The molecule has 1 atom stereocenters. The van der Waals surface area contributed by atoms with Crippen molar-refractivity contribution in [1.29, 1.82) is 0 Å². The van der Waals surface area contributed by atoms with Crippen LogP contribution in [0.4, 0.5) is 0 Å². The number of nitrogens with one attached hydrogen (secondary N) is 1. The molecule has 0 saturated carbocycles. The maximum absolute atomic E-state index is 10.8. The first kappa shape index (κ1) is 12.6. The second-order valence-corrected chi connectivity index (χ2v) is 4.36. The predicted octanol–water partition coefficient (Wildman–Crippen LogP) is 2.40. The van der Waals surface area contributed by atoms with Gasteiger partial charge in [-0.3, -0.25) is 4.79 Å². The Bertz CT molecular complexity index is 546. The van der Waals surface area contributed by atoms with Gasteiger partial charge in [-0.15, -0.1) is 0 Å². The van der Waals surface area contributed by atoms with Crippen molar-refractivity contribution in [2.24, 2.45) is 0 Å². The zero-order valence-corrected chi connectivity index (χ0v) is 10.4. The third-order valence-corrected chi connectivity index (χ3v) is 2.97. The Morgan fingerprint density at radius 1 is 1.22 bits per heavy atom. The molecule has 0 fully saturated rings. The van der Waals surface area contributed by atoms with Crippen molar-refractivity contribution in [3.63, 3.8) is 0 Å². The van der Waals surface area contributed by atoms with Crippen LogP contribution < -0.4 is 5.32 Å². The Balaban J connectivity index is 2.17. The molecule has 0 radical (unpaired) electrons. The van der Waals surface area contributed by atoms with Crippen LogP contribution in [0.2, 0.25) is 0 Å². The first-order valence-corrected chi connectivity index (χ1v) is 6.08. The third-order valence-electron chi connectivity index (χ3n) is 2.97. The molecule has 2 aromatic rings. The van der Waals surface area contributed by atoms with Gasteiger partial charge in [0.25, 0.3) is 0 Å². The van der Waals surface area contributed by atoms with E-state index in [1.165, 1.54) is 6.92 Å². The summed E-state index contributed by atoms with van der Waals surface area (Å²) in [6.45, 7) is 1.96. The van der Waals surface area contributed by atoms with Gasteiger partial charge < -0.3 is 10.4 Å². The summed E-state index contributed by atoms with van der Waals surface area (Å²) >= 11 is 0. The van der Waals surface area contributed by atoms with Crippen LogP contribution in [0.15, 0.2) is 42.5 Å². The minimum atomic E-state index is -0.553. The molecule has 2 N–H and O–H groups in total. The van der Waals surface area contributed by atoms with E-state index in [1.807, 2.05) is 42.5 Å². The molecule has 3 heteroatoms. The van der Waals surface area contributed by atoms with Gasteiger partial charge >= 0.3 is 0 Å². The normalized spacial score (nSPS) is 12.3. The Labute approximate surface area is 106 Å². The number of benzene rings is 2. The number of hydrogen-bond acceptors (Lipinski definition) is 2. The first-order valence-electron chi connectivity index (χ1n) is 6.08. The maximum Gasteiger partial charge on any atom is 0.216 e. The molecule has 0 spiro atoms. The van der Waals surface area contributed by atoms with E-state index < -0.39 is 6.10 Å². The number of fused-ring (bicyclic) bond motifs is 1. The van der Waals surface area contributed by atoms with Crippen LogP contribution in [0.1, 0.15) is 25.0 Å². The lowest BCUT2D eigenvalue weighted by Gasteiger charge is -2.13. The van der Waals surface area contributed by atoms with Gasteiger partial charge in [-0.05, 0) is 22.8 Å². The van der Waals surface area contributed by atoms with E-state index in [2.05, 4.69) is 5.32 Å². The van der Waals surface area contributed by atoms with E-state index in [0.717, 1.165) is 16.3 Å². The van der Waals surface area contributed by atoms with Gasteiger partial charge in [-0.25, -0.2) is 0 Å². The Kier molecular flexibility index (Phi) is 3.95. The second-order valence-electron chi connectivity index (χ2n) is 4.36. The fourth-order valence-corrected chi connectivity index (χ4v) is 2.08. The van der Waals surface area contributed by atoms with Gasteiger partial charge in [0.1, 0.15) is 0 Å². The number of carbonyl (C=O) groups is 1. The van der Waals surface area contributed by atoms with E-state index in [1.54, 1.807) is 0 Å². The Morgan fingerprint density at radius 2 is 1.94 bits per heavy atom. The molecule has 2 rings (SSSR count). The summed E-state index contributed by atoms with van der Waals surface area (Å²) in [4.78, 5) is 10.8. The van der Waals surface area contributed by atoms with E-state index in [0.29, 0.717) is 13.0 Å². The Hall–Kier alpha value is -1.87. The standard InChI is InChI=1S/C15H17NO2/c1-11(17)16-10-9-15(18)14-8-4-6-12-5-2-3-7-13(12)14/h2-8,15,18H,9-10H2,1H3,(H,16,17). The van der Waals surface area contributed by atoms with Crippen LogP contribution in [0, 0.1) is 0 Å². The summed E-state index contributed by atoms with van der Waals surface area (Å²) in [6, 6.07) is 13.9. The fourth-order valence-electron chi connectivity index (χ4n) is 2.08. The van der Waals surface area contributed by atoms with Gasteiger partial charge in [0.15, 0.2) is 0 Å². The van der Waals surface area contributed by atoms with Crippen LogP contribution >= 0.6 is 0 Å². The van der Waals surface area contributed by atoms with Crippen LogP contribution in [0.25, 0.3) is 10.8 Å². The number of carbonyl (C=O) groups excluding carboxylic acids is 1. The molecule has 18 heavy (non-hydrogen) atoms. The molecule has 0 aliphatic carbocycles. The highest BCUT2D eigenvalue weighted by molar-refractivity contribution is 5.85. The lowest BCUT2D eigenvalue weighted by molar-refractivity contribution is -0.119. The fraction of sp³-hybridized carbons (Fsp3) is 0.267. The van der Waals surface area contributed by atoms with Crippen LogP contribution in [0.5, 0.6) is 0 Å². The van der Waals surface area contributed by atoms with Crippen molar-refractivity contribution in [3.05, 3.63) is 48.0 Å². The van der Waals surface area contributed by atoms with Gasteiger partial charge in [0.05, 0.1) is 6.10 Å². The molecule has 0 heterocycles. The molecular formula is C15H17NO2. The molecule has 0 aromatic heterocycles. The highest BCUT2D eigenvalue weighted by Crippen LogP contribution is 2.25. The minimum Gasteiger partial charge on any atom is -0.388 e. The van der Waals surface area contributed by atoms with Gasteiger partial charge in [0, 0.05) is 13.5 Å². The summed E-state index contributed by atoms with van der Waals surface area (Å²) in [5, 5.41) is 15.1. The van der Waals surface area contributed by atoms with Gasteiger partial charge in [0.2, 0.25) is 5.91 Å². The monoisotopic (exact) mass is 243 g/mol. The zero-order valence-electron chi connectivity index (χ0n) is 10.4. The van der Waals surface area contributed by atoms with Crippen molar-refractivity contribution >= 4 is 16.7 Å². The molecule has 0 bridgehead atoms. The van der Waals surface area contributed by atoms with E-state index >= 15 is 0 Å². The van der Waals surface area contributed by atoms with Crippen molar-refractivity contribution in [2.45, 2.75) is 19.4 Å². The largest absolute Gasteiger partial charge is 0.388 e. The van der Waals surface area contributed by atoms with E-state index in [-0.39, 0.29) is 5.91 Å². The number of amides is 1. The number of rotatable bonds is 4. The average molecular weight is 243 g/mol. The smallest absolute Gasteiger partial charge is 0.216 e. The molecule has 1 unspecified atom stereocenters. The van der Waals surface area contributed by atoms with Crippen molar-refractivity contribution in [3.8, 4) is 0 Å². The summed E-state index contributed by atoms with van der Waals surface area (Å²) in [6.07, 6.45) is -0.0314. The van der Waals surface area contributed by atoms with Crippen LogP contribution in [0.3, 0.4) is 0 Å². The summed E-state index contributed by atoms with van der Waals surface area (Å²) in [5.74, 6) is -0.0693. The quantitative estimate of drug-likeness (QED) is 0.866. The van der Waals surface area contributed by atoms with Gasteiger partial charge in [-0.1, -0.05) is 42.5 Å². The lowest BCUT2D eigenvalue weighted by atomic mass is 9.99. The molecular weight excluding hydrogens is 226 g/mol. The third kappa shape index (κ3) is 2.87. The number of aliphatic hydroxyl groups is 1. The molecule has 1 amide bonds.